The molecule has 1 saturated heterocycles. The summed E-state index contributed by atoms with van der Waals surface area (Å²) in [5.74, 6) is 0. The highest BCUT2D eigenvalue weighted by molar-refractivity contribution is 5.30. The molecule has 1 aliphatic carbocycles. The van der Waals surface area contributed by atoms with Crippen LogP contribution in [0.1, 0.15) is 50.2 Å². The van der Waals surface area contributed by atoms with Gasteiger partial charge in [-0.3, -0.25) is 0 Å². The number of benzene rings is 1. The van der Waals surface area contributed by atoms with Crippen molar-refractivity contribution in [2.24, 2.45) is 0 Å². The normalized spacial score (nSPS) is 24.0. The number of nitrogens with one attached hydrogen (secondary N) is 1. The molecule has 0 amide bonds. The van der Waals surface area contributed by atoms with Crippen molar-refractivity contribution < 1.29 is 0 Å². The first kappa shape index (κ1) is 15.1. The van der Waals surface area contributed by atoms with Crippen LogP contribution in [0.2, 0.25) is 0 Å². The minimum absolute atomic E-state index is 0.701. The minimum atomic E-state index is 0.701. The summed E-state index contributed by atoms with van der Waals surface area (Å²) < 4.78 is 0. The Morgan fingerprint density at radius 2 is 1.81 bits per heavy atom. The van der Waals surface area contributed by atoms with Crippen LogP contribution in [0.4, 0.5) is 0 Å². The summed E-state index contributed by atoms with van der Waals surface area (Å²) in [6.07, 6.45) is 9.14. The largest absolute Gasteiger partial charge is 0.311 e. The van der Waals surface area contributed by atoms with E-state index in [1.54, 1.807) is 11.1 Å². The molecule has 0 spiro atoms. The van der Waals surface area contributed by atoms with E-state index >= 15 is 0 Å². The lowest BCUT2D eigenvalue weighted by atomic mass is 9.87. The summed E-state index contributed by atoms with van der Waals surface area (Å²) in [5, 5.41) is 3.95. The molecule has 0 saturated carbocycles. The molecule has 1 atom stereocenters. The number of hydrogen-bond acceptors (Lipinski definition) is 2. The summed E-state index contributed by atoms with van der Waals surface area (Å²) in [7, 11) is 0. The molecule has 0 radical (unpaired) electrons. The predicted octanol–water partition coefficient (Wildman–Crippen LogP) is 3.40. The van der Waals surface area contributed by atoms with Crippen LogP contribution in [-0.2, 0) is 12.8 Å². The SMILES string of the molecule is CCCCN1CCC(NC2CCc3ccccc3C2)CC1. The maximum atomic E-state index is 3.95. The fourth-order valence-corrected chi connectivity index (χ4v) is 3.88. The molecule has 0 aromatic heterocycles. The van der Waals surface area contributed by atoms with Gasteiger partial charge in [0.05, 0.1) is 0 Å². The third-order valence-corrected chi connectivity index (χ3v) is 5.23. The molecule has 1 heterocycles. The zero-order chi connectivity index (χ0) is 14.5. The number of unbranched alkanes of at least 4 members (excludes halogenated alkanes) is 1. The Balaban J connectivity index is 1.44. The Morgan fingerprint density at radius 3 is 2.57 bits per heavy atom. The smallest absolute Gasteiger partial charge is 0.0113 e. The van der Waals surface area contributed by atoms with E-state index in [1.807, 2.05) is 0 Å². The highest BCUT2D eigenvalue weighted by Gasteiger charge is 2.24. The van der Waals surface area contributed by atoms with Gasteiger partial charge in [-0.15, -0.1) is 0 Å². The van der Waals surface area contributed by atoms with E-state index < -0.39 is 0 Å². The number of aryl methyl sites for hydroxylation is 1. The molecule has 1 unspecified atom stereocenters. The third-order valence-electron chi connectivity index (χ3n) is 5.23. The van der Waals surface area contributed by atoms with Gasteiger partial charge in [-0.25, -0.2) is 0 Å². The highest BCUT2D eigenvalue weighted by Crippen LogP contribution is 2.22. The Bertz CT molecular complexity index is 435. The Labute approximate surface area is 129 Å². The van der Waals surface area contributed by atoms with Gasteiger partial charge in [0.15, 0.2) is 0 Å². The molecule has 1 aliphatic heterocycles. The van der Waals surface area contributed by atoms with Crippen molar-refractivity contribution in [2.45, 2.75) is 64.0 Å². The molecule has 2 aliphatic rings. The van der Waals surface area contributed by atoms with Crippen LogP contribution in [0, 0.1) is 0 Å². The van der Waals surface area contributed by atoms with Crippen LogP contribution >= 0.6 is 0 Å². The standard InChI is InChI=1S/C19H30N2/c1-2-3-12-21-13-10-18(11-14-21)20-19-9-8-16-6-4-5-7-17(16)15-19/h4-7,18-20H,2-3,8-15H2,1H3. The van der Waals surface area contributed by atoms with Crippen LogP contribution < -0.4 is 5.32 Å². The van der Waals surface area contributed by atoms with Crippen molar-refractivity contribution in [3.05, 3.63) is 35.4 Å². The van der Waals surface area contributed by atoms with E-state index in [1.165, 1.54) is 64.6 Å². The van der Waals surface area contributed by atoms with Gasteiger partial charge < -0.3 is 10.2 Å². The van der Waals surface area contributed by atoms with Gasteiger partial charge in [0.2, 0.25) is 0 Å². The van der Waals surface area contributed by atoms with E-state index in [-0.39, 0.29) is 0 Å². The van der Waals surface area contributed by atoms with Crippen LogP contribution in [0.25, 0.3) is 0 Å². The third kappa shape index (κ3) is 4.08. The number of piperidine rings is 1. The Hall–Kier alpha value is -0.860. The number of hydrogen-bond donors (Lipinski definition) is 1. The average molecular weight is 286 g/mol. The summed E-state index contributed by atoms with van der Waals surface area (Å²) in [6, 6.07) is 10.4. The van der Waals surface area contributed by atoms with Gasteiger partial charge in [0, 0.05) is 12.1 Å². The maximum Gasteiger partial charge on any atom is 0.0113 e. The van der Waals surface area contributed by atoms with Crippen LogP contribution in [0.5, 0.6) is 0 Å². The Morgan fingerprint density at radius 1 is 1.05 bits per heavy atom. The zero-order valence-electron chi connectivity index (χ0n) is 13.5. The molecule has 3 rings (SSSR count). The van der Waals surface area contributed by atoms with Crippen LogP contribution in [0.3, 0.4) is 0 Å². The van der Waals surface area contributed by atoms with Crippen molar-refractivity contribution in [3.8, 4) is 0 Å². The van der Waals surface area contributed by atoms with Gasteiger partial charge in [-0.2, -0.15) is 0 Å². The van der Waals surface area contributed by atoms with E-state index in [0.717, 1.165) is 6.04 Å². The second-order valence-electron chi connectivity index (χ2n) is 6.84. The van der Waals surface area contributed by atoms with E-state index in [9.17, 15) is 0 Å². The van der Waals surface area contributed by atoms with Gasteiger partial charge in [-0.1, -0.05) is 37.6 Å². The summed E-state index contributed by atoms with van der Waals surface area (Å²) in [6.45, 7) is 6.18. The fourth-order valence-electron chi connectivity index (χ4n) is 3.88. The van der Waals surface area contributed by atoms with Crippen molar-refractivity contribution in [2.75, 3.05) is 19.6 Å². The number of fused-ring (bicyclic) bond motifs is 1. The lowest BCUT2D eigenvalue weighted by molar-refractivity contribution is 0.186. The molecular formula is C19H30N2. The van der Waals surface area contributed by atoms with Gasteiger partial charge in [-0.05, 0) is 69.3 Å². The van der Waals surface area contributed by atoms with Crippen molar-refractivity contribution in [3.63, 3.8) is 0 Å². The minimum Gasteiger partial charge on any atom is -0.311 e. The summed E-state index contributed by atoms with van der Waals surface area (Å²) in [5.41, 5.74) is 3.14. The monoisotopic (exact) mass is 286 g/mol. The molecular weight excluding hydrogens is 256 g/mol. The van der Waals surface area contributed by atoms with Crippen molar-refractivity contribution in [1.29, 1.82) is 0 Å². The molecule has 1 fully saturated rings. The second-order valence-corrected chi connectivity index (χ2v) is 6.84. The Kier molecular flexibility index (Phi) is 5.32. The lowest BCUT2D eigenvalue weighted by Crippen LogP contribution is -2.47. The molecule has 2 nitrogen and oxygen atoms in total. The van der Waals surface area contributed by atoms with E-state index in [2.05, 4.69) is 41.4 Å². The number of nitrogens with zero attached hydrogens (tertiary/aromatic N) is 1. The highest BCUT2D eigenvalue weighted by atomic mass is 15.1. The van der Waals surface area contributed by atoms with Crippen LogP contribution in [-0.4, -0.2) is 36.6 Å². The van der Waals surface area contributed by atoms with Gasteiger partial charge in [0.1, 0.15) is 0 Å². The number of likely N-dealkylation sites (tertiary alicyclic amines) is 1. The molecule has 1 aromatic rings. The lowest BCUT2D eigenvalue weighted by Gasteiger charge is -2.36. The topological polar surface area (TPSA) is 15.3 Å². The first-order valence-electron chi connectivity index (χ1n) is 8.90. The fraction of sp³-hybridized carbons (Fsp3) is 0.684. The summed E-state index contributed by atoms with van der Waals surface area (Å²) in [4.78, 5) is 2.65. The summed E-state index contributed by atoms with van der Waals surface area (Å²) >= 11 is 0. The number of rotatable bonds is 5. The van der Waals surface area contributed by atoms with Gasteiger partial charge in [0.25, 0.3) is 0 Å². The van der Waals surface area contributed by atoms with Crippen molar-refractivity contribution >= 4 is 0 Å². The molecule has 1 aromatic carbocycles. The second kappa shape index (κ2) is 7.42. The van der Waals surface area contributed by atoms with E-state index in [0.29, 0.717) is 6.04 Å². The molecule has 21 heavy (non-hydrogen) atoms. The van der Waals surface area contributed by atoms with Crippen molar-refractivity contribution in [1.82, 2.24) is 10.2 Å². The first-order valence-corrected chi connectivity index (χ1v) is 8.90. The van der Waals surface area contributed by atoms with Crippen LogP contribution in [0.15, 0.2) is 24.3 Å². The zero-order valence-corrected chi connectivity index (χ0v) is 13.5. The quantitative estimate of drug-likeness (QED) is 0.892. The molecule has 0 bridgehead atoms. The van der Waals surface area contributed by atoms with Gasteiger partial charge >= 0.3 is 0 Å². The predicted molar refractivity (Wildman–Crippen MR) is 89.8 cm³/mol. The first-order chi connectivity index (χ1) is 10.3. The molecule has 1 N–H and O–H groups in total. The average Bonchev–Trinajstić information content (AvgIpc) is 2.54. The molecule has 116 valence electrons. The van der Waals surface area contributed by atoms with E-state index in [4.69, 9.17) is 0 Å². The maximum absolute atomic E-state index is 3.95. The molecule has 2 heteroatoms.